The summed E-state index contributed by atoms with van der Waals surface area (Å²) in [6.07, 6.45) is 6.80. The van der Waals surface area contributed by atoms with Crippen molar-refractivity contribution in [1.29, 1.82) is 0 Å². The van der Waals surface area contributed by atoms with Gasteiger partial charge in [0.15, 0.2) is 11.4 Å². The van der Waals surface area contributed by atoms with Crippen LogP contribution < -0.4 is 0 Å². The van der Waals surface area contributed by atoms with E-state index in [-0.39, 0.29) is 11.8 Å². The number of aromatic nitrogens is 3. The predicted octanol–water partition coefficient (Wildman–Crippen LogP) is 1.97. The molecule has 2 amide bonds. The lowest BCUT2D eigenvalue weighted by molar-refractivity contribution is 0.0518. The van der Waals surface area contributed by atoms with Gasteiger partial charge in [-0.05, 0) is 31.0 Å². The van der Waals surface area contributed by atoms with Crippen LogP contribution in [0.15, 0.2) is 41.4 Å². The van der Waals surface area contributed by atoms with Gasteiger partial charge >= 0.3 is 0 Å². The van der Waals surface area contributed by atoms with Crippen LogP contribution in [0.5, 0.6) is 0 Å². The second-order valence-corrected chi connectivity index (χ2v) is 7.62. The molecule has 0 bridgehead atoms. The Morgan fingerprint density at radius 1 is 1.00 bits per heavy atom. The number of pyridine rings is 1. The van der Waals surface area contributed by atoms with Crippen LogP contribution in [-0.2, 0) is 4.74 Å². The van der Waals surface area contributed by atoms with Crippen LogP contribution in [0.1, 0.15) is 39.8 Å². The molecule has 5 heterocycles. The standard InChI is InChI=1S/C21H23N5O4/c27-20(24-5-7-25(8-6-24)21(28)18-2-1-9-30-18)15-12-17-19(22-13-15)26(14-23-17)16-3-10-29-11-4-16/h1-2,9,12-14,16H,3-8,10-11H2. The molecule has 2 aliphatic rings. The molecule has 9 nitrogen and oxygen atoms in total. The van der Waals surface area contributed by atoms with Gasteiger partial charge < -0.3 is 23.5 Å². The van der Waals surface area contributed by atoms with Gasteiger partial charge in [0.25, 0.3) is 11.8 Å². The molecule has 0 atom stereocenters. The SMILES string of the molecule is O=C(c1cnc2c(c1)ncn2C1CCOCC1)N1CCN(C(=O)c2ccco2)CC1. The fourth-order valence-corrected chi connectivity index (χ4v) is 4.12. The number of nitrogens with zero attached hydrogens (tertiary/aromatic N) is 5. The maximum atomic E-state index is 13.0. The third-order valence-electron chi connectivity index (χ3n) is 5.83. The van der Waals surface area contributed by atoms with E-state index in [1.807, 2.05) is 0 Å². The fourth-order valence-electron chi connectivity index (χ4n) is 4.12. The number of rotatable bonds is 3. The third-order valence-corrected chi connectivity index (χ3v) is 5.83. The molecule has 30 heavy (non-hydrogen) atoms. The minimum Gasteiger partial charge on any atom is -0.459 e. The molecule has 0 aromatic carbocycles. The average molecular weight is 409 g/mol. The Hall–Kier alpha value is -3.20. The molecule has 2 aliphatic heterocycles. The highest BCUT2D eigenvalue weighted by atomic mass is 16.5. The summed E-state index contributed by atoms with van der Waals surface area (Å²) in [4.78, 5) is 37.8. The van der Waals surface area contributed by atoms with Crippen LogP contribution in [0.4, 0.5) is 0 Å². The van der Waals surface area contributed by atoms with Gasteiger partial charge in [-0.25, -0.2) is 9.97 Å². The molecular formula is C21H23N5O4. The Balaban J connectivity index is 1.27. The van der Waals surface area contributed by atoms with E-state index in [4.69, 9.17) is 9.15 Å². The van der Waals surface area contributed by atoms with Crippen molar-refractivity contribution < 1.29 is 18.7 Å². The Labute approximate surface area is 173 Å². The minimum absolute atomic E-state index is 0.0879. The Kier molecular flexibility index (Phi) is 4.96. The number of carbonyl (C=O) groups excluding carboxylic acids is 2. The molecule has 2 saturated heterocycles. The van der Waals surface area contributed by atoms with Crippen LogP contribution in [0.3, 0.4) is 0 Å². The first kappa shape index (κ1) is 18.8. The molecule has 0 radical (unpaired) electrons. The molecule has 156 valence electrons. The minimum atomic E-state index is -0.145. The molecule has 0 N–H and O–H groups in total. The van der Waals surface area contributed by atoms with Crippen molar-refractivity contribution in [3.05, 3.63) is 48.3 Å². The van der Waals surface area contributed by atoms with Crippen molar-refractivity contribution in [2.24, 2.45) is 0 Å². The van der Waals surface area contributed by atoms with E-state index in [1.54, 1.807) is 40.5 Å². The molecule has 2 fully saturated rings. The first-order chi connectivity index (χ1) is 14.7. The van der Waals surface area contributed by atoms with Gasteiger partial charge in [-0.15, -0.1) is 0 Å². The Bertz CT molecular complexity index is 1050. The number of fused-ring (bicyclic) bond motifs is 1. The number of carbonyl (C=O) groups is 2. The zero-order valence-electron chi connectivity index (χ0n) is 16.6. The molecule has 3 aromatic heterocycles. The summed E-state index contributed by atoms with van der Waals surface area (Å²) in [6.45, 7) is 3.38. The van der Waals surface area contributed by atoms with E-state index in [9.17, 15) is 9.59 Å². The lowest BCUT2D eigenvalue weighted by Gasteiger charge is -2.34. The quantitative estimate of drug-likeness (QED) is 0.657. The second-order valence-electron chi connectivity index (χ2n) is 7.62. The summed E-state index contributed by atoms with van der Waals surface area (Å²) in [6, 6.07) is 5.48. The van der Waals surface area contributed by atoms with Crippen molar-refractivity contribution in [1.82, 2.24) is 24.3 Å². The predicted molar refractivity (Wildman–Crippen MR) is 107 cm³/mol. The van der Waals surface area contributed by atoms with Crippen molar-refractivity contribution in [3.8, 4) is 0 Å². The van der Waals surface area contributed by atoms with E-state index in [0.29, 0.717) is 43.5 Å². The van der Waals surface area contributed by atoms with Crippen molar-refractivity contribution in [3.63, 3.8) is 0 Å². The van der Waals surface area contributed by atoms with E-state index in [2.05, 4.69) is 14.5 Å². The average Bonchev–Trinajstić information content (AvgIpc) is 3.48. The van der Waals surface area contributed by atoms with Crippen LogP contribution in [-0.4, -0.2) is 75.5 Å². The Morgan fingerprint density at radius 3 is 2.43 bits per heavy atom. The smallest absolute Gasteiger partial charge is 0.289 e. The van der Waals surface area contributed by atoms with Crippen molar-refractivity contribution in [2.75, 3.05) is 39.4 Å². The molecule has 0 aliphatic carbocycles. The van der Waals surface area contributed by atoms with Gasteiger partial charge in [0.1, 0.15) is 5.52 Å². The van der Waals surface area contributed by atoms with Crippen LogP contribution in [0, 0.1) is 0 Å². The summed E-state index contributed by atoms with van der Waals surface area (Å²) in [5, 5.41) is 0. The molecule has 5 rings (SSSR count). The molecular weight excluding hydrogens is 386 g/mol. The number of piperazine rings is 1. The zero-order chi connectivity index (χ0) is 20.5. The second kappa shape index (κ2) is 7.91. The van der Waals surface area contributed by atoms with Crippen LogP contribution >= 0.6 is 0 Å². The van der Waals surface area contributed by atoms with Gasteiger partial charge in [-0.2, -0.15) is 0 Å². The molecule has 9 heteroatoms. The largest absolute Gasteiger partial charge is 0.459 e. The van der Waals surface area contributed by atoms with E-state index in [1.165, 1.54) is 6.26 Å². The molecule has 0 saturated carbocycles. The summed E-state index contributed by atoms with van der Waals surface area (Å²) in [7, 11) is 0. The summed E-state index contributed by atoms with van der Waals surface area (Å²) < 4.78 is 12.7. The maximum absolute atomic E-state index is 13.0. The lowest BCUT2D eigenvalue weighted by atomic mass is 10.1. The van der Waals surface area contributed by atoms with E-state index in [0.717, 1.165) is 37.2 Å². The van der Waals surface area contributed by atoms with Gasteiger partial charge in [-0.3, -0.25) is 9.59 Å². The molecule has 0 spiro atoms. The Morgan fingerprint density at radius 2 is 1.73 bits per heavy atom. The summed E-state index contributed by atoms with van der Waals surface area (Å²) >= 11 is 0. The number of hydrogen-bond acceptors (Lipinski definition) is 6. The van der Waals surface area contributed by atoms with Gasteiger partial charge in [0.2, 0.25) is 0 Å². The number of amides is 2. The topological polar surface area (TPSA) is 93.7 Å². The van der Waals surface area contributed by atoms with Gasteiger partial charge in [0, 0.05) is 51.6 Å². The van der Waals surface area contributed by atoms with Gasteiger partial charge in [0.05, 0.1) is 18.2 Å². The summed E-state index contributed by atoms with van der Waals surface area (Å²) in [5.41, 5.74) is 2.04. The van der Waals surface area contributed by atoms with E-state index >= 15 is 0 Å². The highest BCUT2D eigenvalue weighted by Crippen LogP contribution is 2.25. The first-order valence-electron chi connectivity index (χ1n) is 10.2. The lowest BCUT2D eigenvalue weighted by Crippen LogP contribution is -2.50. The number of ether oxygens (including phenoxy) is 1. The number of hydrogen-bond donors (Lipinski definition) is 0. The summed E-state index contributed by atoms with van der Waals surface area (Å²) in [5.74, 6) is 0.0912. The van der Waals surface area contributed by atoms with E-state index < -0.39 is 0 Å². The highest BCUT2D eigenvalue weighted by molar-refractivity contribution is 5.97. The zero-order valence-corrected chi connectivity index (χ0v) is 16.6. The van der Waals surface area contributed by atoms with Crippen LogP contribution in [0.25, 0.3) is 11.2 Å². The van der Waals surface area contributed by atoms with Crippen LogP contribution in [0.2, 0.25) is 0 Å². The third kappa shape index (κ3) is 3.45. The number of furan rings is 1. The highest BCUT2D eigenvalue weighted by Gasteiger charge is 2.27. The first-order valence-corrected chi connectivity index (χ1v) is 10.2. The maximum Gasteiger partial charge on any atom is 0.289 e. The monoisotopic (exact) mass is 409 g/mol. The van der Waals surface area contributed by atoms with Crippen molar-refractivity contribution >= 4 is 23.0 Å². The normalized spacial score (nSPS) is 18.1. The number of imidazole rings is 1. The van der Waals surface area contributed by atoms with Crippen molar-refractivity contribution in [2.45, 2.75) is 18.9 Å². The fraction of sp³-hybridized carbons (Fsp3) is 0.429. The molecule has 0 unspecified atom stereocenters. The van der Waals surface area contributed by atoms with Gasteiger partial charge in [-0.1, -0.05) is 0 Å². The molecule has 3 aromatic rings.